The summed E-state index contributed by atoms with van der Waals surface area (Å²) in [6, 6.07) is 4.78. The molecule has 0 bridgehead atoms. The fraction of sp³-hybridized carbons (Fsp3) is 0.625. The van der Waals surface area contributed by atoms with Crippen LogP contribution in [0, 0.1) is 11.7 Å². The van der Waals surface area contributed by atoms with Gasteiger partial charge in [0.25, 0.3) is 0 Å². The SMILES string of the molecule is CC1CCC(C(O)c2cc(Br)ccc2F)(N(C)C)CC1. The van der Waals surface area contributed by atoms with Crippen molar-refractivity contribution >= 4 is 15.9 Å². The molecule has 1 saturated carbocycles. The first-order valence-corrected chi connectivity index (χ1v) is 7.96. The molecular weight excluding hydrogens is 321 g/mol. The van der Waals surface area contributed by atoms with Crippen molar-refractivity contribution in [3.63, 3.8) is 0 Å². The van der Waals surface area contributed by atoms with E-state index in [9.17, 15) is 9.50 Å². The standard InChI is InChI=1S/C16H23BrFNO/c1-11-6-8-16(9-7-11,19(2)3)15(20)13-10-12(17)4-5-14(13)18/h4-5,10-11,15,20H,6-9H2,1-3H3. The van der Waals surface area contributed by atoms with E-state index in [-0.39, 0.29) is 11.4 Å². The fourth-order valence-electron chi connectivity index (χ4n) is 3.24. The van der Waals surface area contributed by atoms with E-state index in [0.29, 0.717) is 11.5 Å². The summed E-state index contributed by atoms with van der Waals surface area (Å²) >= 11 is 3.36. The number of aliphatic hydroxyl groups is 1. The summed E-state index contributed by atoms with van der Waals surface area (Å²) in [6.07, 6.45) is 3.14. The van der Waals surface area contributed by atoms with Gasteiger partial charge in [0.1, 0.15) is 11.9 Å². The smallest absolute Gasteiger partial charge is 0.129 e. The molecule has 1 atom stereocenters. The maximum absolute atomic E-state index is 14.1. The summed E-state index contributed by atoms with van der Waals surface area (Å²) in [5.74, 6) is 0.350. The van der Waals surface area contributed by atoms with Gasteiger partial charge in [-0.3, -0.25) is 0 Å². The van der Waals surface area contributed by atoms with Crippen LogP contribution in [0.2, 0.25) is 0 Å². The predicted molar refractivity (Wildman–Crippen MR) is 83.1 cm³/mol. The van der Waals surface area contributed by atoms with Crippen molar-refractivity contribution < 1.29 is 9.50 Å². The van der Waals surface area contributed by atoms with Crippen molar-refractivity contribution in [1.82, 2.24) is 4.90 Å². The Morgan fingerprint density at radius 3 is 2.50 bits per heavy atom. The fourth-order valence-corrected chi connectivity index (χ4v) is 3.62. The van der Waals surface area contributed by atoms with Crippen molar-refractivity contribution in [2.24, 2.45) is 5.92 Å². The molecular formula is C16H23BrFNO. The summed E-state index contributed by atoms with van der Waals surface area (Å²) in [5, 5.41) is 10.9. The van der Waals surface area contributed by atoms with E-state index < -0.39 is 6.10 Å². The number of hydrogen-bond donors (Lipinski definition) is 1. The van der Waals surface area contributed by atoms with Gasteiger partial charge in [0.2, 0.25) is 0 Å². The highest BCUT2D eigenvalue weighted by Crippen LogP contribution is 2.44. The molecule has 112 valence electrons. The number of aliphatic hydroxyl groups excluding tert-OH is 1. The molecule has 1 aliphatic rings. The van der Waals surface area contributed by atoms with Crippen molar-refractivity contribution in [3.05, 3.63) is 34.1 Å². The molecule has 0 amide bonds. The number of benzene rings is 1. The van der Waals surface area contributed by atoms with Crippen LogP contribution in [0.1, 0.15) is 44.3 Å². The second-order valence-electron chi connectivity index (χ2n) is 6.25. The topological polar surface area (TPSA) is 23.5 Å². The number of rotatable bonds is 3. The summed E-state index contributed by atoms with van der Waals surface area (Å²) in [7, 11) is 3.96. The van der Waals surface area contributed by atoms with E-state index in [1.807, 2.05) is 14.1 Å². The van der Waals surface area contributed by atoms with Crippen LogP contribution >= 0.6 is 15.9 Å². The number of hydrogen-bond acceptors (Lipinski definition) is 2. The third kappa shape index (κ3) is 2.92. The van der Waals surface area contributed by atoms with Crippen molar-refractivity contribution in [2.45, 2.75) is 44.2 Å². The first kappa shape index (κ1) is 15.9. The van der Waals surface area contributed by atoms with Gasteiger partial charge < -0.3 is 10.0 Å². The van der Waals surface area contributed by atoms with Gasteiger partial charge in [-0.05, 0) is 63.9 Å². The molecule has 0 radical (unpaired) electrons. The van der Waals surface area contributed by atoms with Gasteiger partial charge in [-0.2, -0.15) is 0 Å². The second kappa shape index (κ2) is 6.12. The Morgan fingerprint density at radius 1 is 1.35 bits per heavy atom. The van der Waals surface area contributed by atoms with Gasteiger partial charge >= 0.3 is 0 Å². The molecule has 1 N–H and O–H groups in total. The van der Waals surface area contributed by atoms with Gasteiger partial charge in [-0.25, -0.2) is 4.39 Å². The third-order valence-electron chi connectivity index (χ3n) is 4.79. The van der Waals surface area contributed by atoms with Gasteiger partial charge in [0.15, 0.2) is 0 Å². The molecule has 1 aromatic rings. The van der Waals surface area contributed by atoms with Gasteiger partial charge in [0.05, 0.1) is 5.54 Å². The Balaban J connectivity index is 2.36. The Morgan fingerprint density at radius 2 is 1.95 bits per heavy atom. The van der Waals surface area contributed by atoms with Crippen LogP contribution < -0.4 is 0 Å². The molecule has 0 heterocycles. The average Bonchev–Trinajstić information content (AvgIpc) is 2.41. The average molecular weight is 344 g/mol. The van der Waals surface area contributed by atoms with E-state index >= 15 is 0 Å². The second-order valence-corrected chi connectivity index (χ2v) is 7.16. The molecule has 2 nitrogen and oxygen atoms in total. The van der Waals surface area contributed by atoms with Crippen LogP contribution in [0.15, 0.2) is 22.7 Å². The number of likely N-dealkylation sites (N-methyl/N-ethyl adjacent to an activating group) is 1. The lowest BCUT2D eigenvalue weighted by molar-refractivity contribution is -0.0424. The summed E-state index contributed by atoms with van der Waals surface area (Å²) in [6.45, 7) is 2.24. The third-order valence-corrected chi connectivity index (χ3v) is 5.29. The Labute approximate surface area is 129 Å². The zero-order chi connectivity index (χ0) is 14.9. The molecule has 1 aromatic carbocycles. The molecule has 0 saturated heterocycles. The normalized spacial score (nSPS) is 28.6. The number of nitrogens with zero attached hydrogens (tertiary/aromatic N) is 1. The zero-order valence-electron chi connectivity index (χ0n) is 12.4. The van der Waals surface area contributed by atoms with Gasteiger partial charge in [-0.1, -0.05) is 22.9 Å². The Kier molecular flexibility index (Phi) is 4.88. The zero-order valence-corrected chi connectivity index (χ0v) is 14.0. The highest BCUT2D eigenvalue weighted by molar-refractivity contribution is 9.10. The monoisotopic (exact) mass is 343 g/mol. The van der Waals surface area contributed by atoms with Crippen LogP contribution in [0.4, 0.5) is 4.39 Å². The van der Waals surface area contributed by atoms with Gasteiger partial charge in [-0.15, -0.1) is 0 Å². The largest absolute Gasteiger partial charge is 0.386 e. The van der Waals surface area contributed by atoms with E-state index in [2.05, 4.69) is 27.8 Å². The molecule has 1 unspecified atom stereocenters. The highest BCUT2D eigenvalue weighted by atomic mass is 79.9. The summed E-state index contributed by atoms with van der Waals surface area (Å²) < 4.78 is 14.9. The molecule has 1 fully saturated rings. The Bertz CT molecular complexity index is 470. The van der Waals surface area contributed by atoms with E-state index in [4.69, 9.17) is 0 Å². The molecule has 4 heteroatoms. The lowest BCUT2D eigenvalue weighted by Crippen LogP contribution is -2.51. The van der Waals surface area contributed by atoms with Crippen LogP contribution in [0.5, 0.6) is 0 Å². The van der Waals surface area contributed by atoms with E-state index in [1.165, 1.54) is 6.07 Å². The molecule has 20 heavy (non-hydrogen) atoms. The lowest BCUT2D eigenvalue weighted by Gasteiger charge is -2.47. The van der Waals surface area contributed by atoms with Crippen LogP contribution in [-0.4, -0.2) is 29.6 Å². The Hall–Kier alpha value is -0.450. The summed E-state index contributed by atoms with van der Waals surface area (Å²) in [4.78, 5) is 2.07. The molecule has 2 rings (SSSR count). The maximum atomic E-state index is 14.1. The highest BCUT2D eigenvalue weighted by Gasteiger charge is 2.43. The molecule has 0 spiro atoms. The van der Waals surface area contributed by atoms with E-state index in [0.717, 1.165) is 30.2 Å². The first-order valence-electron chi connectivity index (χ1n) is 7.17. The quantitative estimate of drug-likeness (QED) is 0.891. The van der Waals surface area contributed by atoms with Crippen LogP contribution in [0.3, 0.4) is 0 Å². The molecule has 1 aliphatic carbocycles. The first-order chi connectivity index (χ1) is 9.36. The minimum Gasteiger partial charge on any atom is -0.386 e. The van der Waals surface area contributed by atoms with Crippen LogP contribution in [-0.2, 0) is 0 Å². The predicted octanol–water partition coefficient (Wildman–Crippen LogP) is 4.13. The molecule has 0 aromatic heterocycles. The number of halogens is 2. The van der Waals surface area contributed by atoms with Crippen molar-refractivity contribution in [2.75, 3.05) is 14.1 Å². The minimum absolute atomic E-state index is 0.333. The lowest BCUT2D eigenvalue weighted by atomic mass is 9.71. The molecule has 0 aliphatic heterocycles. The minimum atomic E-state index is -0.803. The van der Waals surface area contributed by atoms with E-state index in [1.54, 1.807) is 12.1 Å². The van der Waals surface area contributed by atoms with Gasteiger partial charge in [0, 0.05) is 10.0 Å². The van der Waals surface area contributed by atoms with Crippen LogP contribution in [0.25, 0.3) is 0 Å². The summed E-state index contributed by atoms with van der Waals surface area (Å²) in [5.41, 5.74) is 0.0244. The maximum Gasteiger partial charge on any atom is 0.129 e. The van der Waals surface area contributed by atoms with Crippen molar-refractivity contribution in [1.29, 1.82) is 0 Å². The van der Waals surface area contributed by atoms with Crippen molar-refractivity contribution in [3.8, 4) is 0 Å².